The van der Waals surface area contributed by atoms with Gasteiger partial charge < -0.3 is 4.42 Å². The molecule has 0 saturated heterocycles. The van der Waals surface area contributed by atoms with E-state index in [0.717, 1.165) is 21.9 Å². The second-order valence-corrected chi connectivity index (χ2v) is 5.10. The fraction of sp³-hybridized carbons (Fsp3) is 0.118. The maximum absolute atomic E-state index is 12.8. The number of aryl methyl sites for hydroxylation is 1. The van der Waals surface area contributed by atoms with Crippen LogP contribution in [0.25, 0.3) is 33.1 Å². The maximum Gasteiger partial charge on any atom is 0.142 e. The summed E-state index contributed by atoms with van der Waals surface area (Å²) in [4.78, 5) is 4.11. The lowest BCUT2D eigenvalue weighted by molar-refractivity contribution is 0.433. The first-order valence-corrected chi connectivity index (χ1v) is 7.11. The van der Waals surface area contributed by atoms with Gasteiger partial charge in [0.25, 0.3) is 0 Å². The molecule has 0 saturated carbocycles. The molecule has 6 heteroatoms. The highest BCUT2D eigenvalue weighted by atomic mass is 19.1. The highest BCUT2D eigenvalue weighted by Gasteiger charge is 2.17. The Labute approximate surface area is 130 Å². The minimum Gasteiger partial charge on any atom is -0.464 e. The lowest BCUT2D eigenvalue weighted by atomic mass is 10.1. The number of nitriles is 1. The fourth-order valence-corrected chi connectivity index (χ4v) is 2.74. The van der Waals surface area contributed by atoms with Crippen LogP contribution in [0.2, 0.25) is 0 Å². The molecule has 0 spiro atoms. The lowest BCUT2D eigenvalue weighted by Crippen LogP contribution is -2.01. The molecule has 4 aromatic rings. The van der Waals surface area contributed by atoms with E-state index < -0.39 is 6.67 Å². The van der Waals surface area contributed by atoms with Crippen LogP contribution in [-0.2, 0) is 6.54 Å². The minimum absolute atomic E-state index is 0.126. The SMILES string of the molecule is N#Cc1cc2c(cn1)c(-c1coc3ccccc13)nn2CCF. The summed E-state index contributed by atoms with van der Waals surface area (Å²) >= 11 is 0. The van der Waals surface area contributed by atoms with Gasteiger partial charge >= 0.3 is 0 Å². The van der Waals surface area contributed by atoms with Gasteiger partial charge in [0.05, 0.1) is 12.1 Å². The van der Waals surface area contributed by atoms with E-state index in [0.29, 0.717) is 11.2 Å². The van der Waals surface area contributed by atoms with Crippen molar-refractivity contribution in [2.24, 2.45) is 0 Å². The third-order valence-electron chi connectivity index (χ3n) is 3.78. The predicted octanol–water partition coefficient (Wildman–Crippen LogP) is 3.69. The molecule has 23 heavy (non-hydrogen) atoms. The van der Waals surface area contributed by atoms with E-state index in [1.54, 1.807) is 23.2 Å². The molecule has 0 unspecified atom stereocenters. The topological polar surface area (TPSA) is 67.6 Å². The summed E-state index contributed by atoms with van der Waals surface area (Å²) in [6.45, 7) is -0.409. The highest BCUT2D eigenvalue weighted by molar-refractivity contribution is 6.02. The van der Waals surface area contributed by atoms with Gasteiger partial charge in [0.15, 0.2) is 0 Å². The van der Waals surface area contributed by atoms with E-state index in [4.69, 9.17) is 9.68 Å². The number of alkyl halides is 1. The number of benzene rings is 1. The van der Waals surface area contributed by atoms with Crippen LogP contribution in [0.1, 0.15) is 5.69 Å². The zero-order chi connectivity index (χ0) is 15.8. The monoisotopic (exact) mass is 306 g/mol. The molecule has 3 aromatic heterocycles. The van der Waals surface area contributed by atoms with Gasteiger partial charge in [0.2, 0.25) is 0 Å². The molecule has 0 amide bonds. The van der Waals surface area contributed by atoms with Crippen LogP contribution in [0.3, 0.4) is 0 Å². The summed E-state index contributed by atoms with van der Waals surface area (Å²) in [5, 5.41) is 15.2. The first-order valence-electron chi connectivity index (χ1n) is 7.11. The average Bonchev–Trinajstić information content (AvgIpc) is 3.16. The molecule has 1 aromatic carbocycles. The Morgan fingerprint density at radius 2 is 2.13 bits per heavy atom. The van der Waals surface area contributed by atoms with E-state index in [-0.39, 0.29) is 12.2 Å². The summed E-state index contributed by atoms with van der Waals surface area (Å²) < 4.78 is 20.0. The quantitative estimate of drug-likeness (QED) is 0.579. The van der Waals surface area contributed by atoms with Crippen molar-refractivity contribution in [2.75, 3.05) is 6.67 Å². The first kappa shape index (κ1) is 13.5. The van der Waals surface area contributed by atoms with Crippen LogP contribution in [0, 0.1) is 11.3 Å². The number of fused-ring (bicyclic) bond motifs is 2. The normalized spacial score (nSPS) is 11.1. The molecule has 5 nitrogen and oxygen atoms in total. The van der Waals surface area contributed by atoms with Gasteiger partial charge in [-0.05, 0) is 6.07 Å². The van der Waals surface area contributed by atoms with Crippen LogP contribution in [0.15, 0.2) is 47.2 Å². The van der Waals surface area contributed by atoms with Crippen molar-refractivity contribution < 1.29 is 8.81 Å². The Hall–Kier alpha value is -3.20. The molecule has 0 fully saturated rings. The number of halogens is 1. The van der Waals surface area contributed by atoms with E-state index in [2.05, 4.69) is 10.1 Å². The second-order valence-electron chi connectivity index (χ2n) is 5.10. The van der Waals surface area contributed by atoms with Gasteiger partial charge in [-0.25, -0.2) is 9.37 Å². The van der Waals surface area contributed by atoms with Crippen LogP contribution in [0.4, 0.5) is 4.39 Å². The van der Waals surface area contributed by atoms with Gasteiger partial charge in [-0.2, -0.15) is 10.4 Å². The summed E-state index contributed by atoms with van der Waals surface area (Å²) in [6, 6.07) is 11.3. The summed E-state index contributed by atoms with van der Waals surface area (Å²) in [7, 11) is 0. The van der Waals surface area contributed by atoms with Gasteiger partial charge in [-0.1, -0.05) is 18.2 Å². The molecule has 0 aliphatic heterocycles. The van der Waals surface area contributed by atoms with Crippen LogP contribution in [0.5, 0.6) is 0 Å². The molecule has 0 aliphatic rings. The van der Waals surface area contributed by atoms with Crippen molar-refractivity contribution in [3.8, 4) is 17.3 Å². The van der Waals surface area contributed by atoms with Crippen molar-refractivity contribution in [1.29, 1.82) is 5.26 Å². The molecule has 0 radical (unpaired) electrons. The minimum atomic E-state index is -0.535. The molecular weight excluding hydrogens is 295 g/mol. The molecule has 0 atom stereocenters. The van der Waals surface area contributed by atoms with Crippen molar-refractivity contribution in [1.82, 2.24) is 14.8 Å². The van der Waals surface area contributed by atoms with Crippen LogP contribution < -0.4 is 0 Å². The van der Waals surface area contributed by atoms with E-state index in [1.807, 2.05) is 30.3 Å². The standard InChI is InChI=1S/C17H11FN4O/c18-5-6-22-15-7-11(8-19)20-9-13(15)17(21-22)14-10-23-16-4-2-1-3-12(14)16/h1-4,7,9-10H,5-6H2. The highest BCUT2D eigenvalue weighted by Crippen LogP contribution is 2.34. The smallest absolute Gasteiger partial charge is 0.142 e. The number of rotatable bonds is 3. The number of furan rings is 1. The number of nitrogens with zero attached hydrogens (tertiary/aromatic N) is 4. The lowest BCUT2D eigenvalue weighted by Gasteiger charge is -1.98. The predicted molar refractivity (Wildman–Crippen MR) is 83.4 cm³/mol. The van der Waals surface area contributed by atoms with Crippen molar-refractivity contribution in [2.45, 2.75) is 6.54 Å². The fourth-order valence-electron chi connectivity index (χ4n) is 2.74. The molecule has 0 N–H and O–H groups in total. The van der Waals surface area contributed by atoms with E-state index >= 15 is 0 Å². The molecule has 0 bridgehead atoms. The Morgan fingerprint density at radius 3 is 2.96 bits per heavy atom. The second kappa shape index (κ2) is 5.21. The summed E-state index contributed by atoms with van der Waals surface area (Å²) in [6.07, 6.45) is 3.25. The largest absolute Gasteiger partial charge is 0.464 e. The first-order chi connectivity index (χ1) is 11.3. The number of aromatic nitrogens is 3. The van der Waals surface area contributed by atoms with Crippen molar-refractivity contribution in [3.05, 3.63) is 48.5 Å². The molecular formula is C17H11FN4O. The third-order valence-corrected chi connectivity index (χ3v) is 3.78. The molecule has 0 aliphatic carbocycles. The Balaban J connectivity index is 2.02. The Morgan fingerprint density at radius 1 is 1.26 bits per heavy atom. The van der Waals surface area contributed by atoms with E-state index in [9.17, 15) is 4.39 Å². The Bertz CT molecular complexity index is 1060. The van der Waals surface area contributed by atoms with Gasteiger partial charge in [0, 0.05) is 28.6 Å². The van der Waals surface area contributed by atoms with Crippen molar-refractivity contribution in [3.63, 3.8) is 0 Å². The number of pyridine rings is 1. The number of hydrogen-bond acceptors (Lipinski definition) is 4. The Kier molecular flexibility index (Phi) is 3.05. The number of para-hydroxylation sites is 1. The van der Waals surface area contributed by atoms with Gasteiger partial charge in [-0.15, -0.1) is 0 Å². The van der Waals surface area contributed by atoms with Crippen LogP contribution in [-0.4, -0.2) is 21.4 Å². The third kappa shape index (κ3) is 2.06. The summed E-state index contributed by atoms with van der Waals surface area (Å²) in [5.74, 6) is 0. The molecule has 3 heterocycles. The van der Waals surface area contributed by atoms with Gasteiger partial charge in [-0.3, -0.25) is 4.68 Å². The van der Waals surface area contributed by atoms with Crippen LogP contribution >= 0.6 is 0 Å². The maximum atomic E-state index is 12.8. The average molecular weight is 306 g/mol. The number of hydrogen-bond donors (Lipinski definition) is 0. The summed E-state index contributed by atoms with van der Waals surface area (Å²) in [5.41, 5.74) is 3.23. The van der Waals surface area contributed by atoms with Crippen molar-refractivity contribution >= 4 is 21.9 Å². The zero-order valence-corrected chi connectivity index (χ0v) is 12.0. The molecule has 112 valence electrons. The molecule has 4 rings (SSSR count). The van der Waals surface area contributed by atoms with Gasteiger partial charge in [0.1, 0.15) is 36.0 Å². The zero-order valence-electron chi connectivity index (χ0n) is 12.0. The van der Waals surface area contributed by atoms with E-state index in [1.165, 1.54) is 0 Å².